The fourth-order valence-electron chi connectivity index (χ4n) is 2.59. The zero-order chi connectivity index (χ0) is 13.4. The van der Waals surface area contributed by atoms with Crippen LogP contribution < -0.4 is 10.2 Å². The summed E-state index contributed by atoms with van der Waals surface area (Å²) in [5.74, 6) is -0.0121. The van der Waals surface area contributed by atoms with E-state index in [9.17, 15) is 4.79 Å². The molecular formula is C16H16N2O. The molecule has 1 amide bonds. The van der Waals surface area contributed by atoms with E-state index in [2.05, 4.69) is 29.3 Å². The summed E-state index contributed by atoms with van der Waals surface area (Å²) in [5, 5.41) is 3.07. The lowest BCUT2D eigenvalue weighted by atomic mass is 10.0. The van der Waals surface area contributed by atoms with Gasteiger partial charge in [-0.15, -0.1) is 0 Å². The number of benzene rings is 2. The van der Waals surface area contributed by atoms with Gasteiger partial charge in [0.1, 0.15) is 6.17 Å². The second kappa shape index (κ2) is 4.43. The van der Waals surface area contributed by atoms with E-state index in [1.807, 2.05) is 43.4 Å². The van der Waals surface area contributed by atoms with Gasteiger partial charge in [-0.3, -0.25) is 4.79 Å². The minimum Gasteiger partial charge on any atom is -0.350 e. The van der Waals surface area contributed by atoms with Crippen LogP contribution in [0.3, 0.4) is 0 Å². The van der Waals surface area contributed by atoms with Crippen LogP contribution in [-0.2, 0) is 0 Å². The number of aryl methyl sites for hydroxylation is 1. The van der Waals surface area contributed by atoms with Gasteiger partial charge in [-0.05, 0) is 30.2 Å². The molecule has 2 aromatic rings. The zero-order valence-electron chi connectivity index (χ0n) is 11.1. The third-order valence-corrected chi connectivity index (χ3v) is 3.67. The van der Waals surface area contributed by atoms with Crippen LogP contribution in [0, 0.1) is 6.92 Å². The van der Waals surface area contributed by atoms with Crippen molar-refractivity contribution in [3.63, 3.8) is 0 Å². The molecule has 3 nitrogen and oxygen atoms in total. The van der Waals surface area contributed by atoms with Gasteiger partial charge in [-0.1, -0.05) is 36.4 Å². The fourth-order valence-corrected chi connectivity index (χ4v) is 2.59. The molecule has 0 bridgehead atoms. The van der Waals surface area contributed by atoms with Gasteiger partial charge in [0.2, 0.25) is 0 Å². The van der Waals surface area contributed by atoms with E-state index in [0.29, 0.717) is 0 Å². The van der Waals surface area contributed by atoms with E-state index in [4.69, 9.17) is 0 Å². The van der Waals surface area contributed by atoms with E-state index >= 15 is 0 Å². The van der Waals surface area contributed by atoms with Gasteiger partial charge in [0.25, 0.3) is 5.91 Å². The SMILES string of the molecule is Cc1ccccc1[C@H]1NC(=O)c2ccccc2N1C. The molecule has 0 saturated carbocycles. The molecule has 1 heterocycles. The van der Waals surface area contributed by atoms with Crippen molar-refractivity contribution in [3.8, 4) is 0 Å². The van der Waals surface area contributed by atoms with Crippen LogP contribution in [0.5, 0.6) is 0 Å². The number of carbonyl (C=O) groups is 1. The summed E-state index contributed by atoms with van der Waals surface area (Å²) in [7, 11) is 2.01. The first-order valence-electron chi connectivity index (χ1n) is 6.37. The maximum Gasteiger partial charge on any atom is 0.255 e. The lowest BCUT2D eigenvalue weighted by molar-refractivity contribution is 0.0928. The molecule has 96 valence electrons. The third kappa shape index (κ3) is 1.87. The zero-order valence-corrected chi connectivity index (χ0v) is 11.1. The van der Waals surface area contributed by atoms with Crippen LogP contribution in [0.25, 0.3) is 0 Å². The summed E-state index contributed by atoms with van der Waals surface area (Å²) in [6, 6.07) is 15.8. The van der Waals surface area contributed by atoms with Crippen molar-refractivity contribution in [1.29, 1.82) is 0 Å². The number of nitrogens with one attached hydrogen (secondary N) is 1. The minimum atomic E-state index is -0.108. The number of carbonyl (C=O) groups excluding carboxylic acids is 1. The first-order chi connectivity index (χ1) is 9.18. The molecule has 0 radical (unpaired) electrons. The quantitative estimate of drug-likeness (QED) is 0.846. The van der Waals surface area contributed by atoms with Crippen LogP contribution in [0.4, 0.5) is 5.69 Å². The predicted molar refractivity (Wildman–Crippen MR) is 76.2 cm³/mol. The number of para-hydroxylation sites is 1. The lowest BCUT2D eigenvalue weighted by Crippen LogP contribution is -2.44. The molecule has 0 fully saturated rings. The normalized spacial score (nSPS) is 17.9. The Morgan fingerprint density at radius 3 is 2.53 bits per heavy atom. The monoisotopic (exact) mass is 252 g/mol. The van der Waals surface area contributed by atoms with E-state index in [0.717, 1.165) is 16.8 Å². The molecule has 1 N–H and O–H groups in total. The third-order valence-electron chi connectivity index (χ3n) is 3.67. The molecule has 1 atom stereocenters. The molecule has 0 aliphatic carbocycles. The molecule has 0 saturated heterocycles. The molecule has 1 aliphatic rings. The van der Waals surface area contributed by atoms with Gasteiger partial charge in [0.05, 0.1) is 11.3 Å². The molecular weight excluding hydrogens is 236 g/mol. The van der Waals surface area contributed by atoms with Gasteiger partial charge in [-0.25, -0.2) is 0 Å². The molecule has 2 aromatic carbocycles. The van der Waals surface area contributed by atoms with Gasteiger partial charge < -0.3 is 10.2 Å². The first-order valence-corrected chi connectivity index (χ1v) is 6.37. The van der Waals surface area contributed by atoms with Crippen LogP contribution >= 0.6 is 0 Å². The summed E-state index contributed by atoms with van der Waals surface area (Å²) >= 11 is 0. The number of amides is 1. The Bertz CT molecular complexity index is 636. The predicted octanol–water partition coefficient (Wildman–Crippen LogP) is 2.87. The van der Waals surface area contributed by atoms with Crippen LogP contribution in [0.1, 0.15) is 27.7 Å². The molecule has 0 unspecified atom stereocenters. The second-order valence-corrected chi connectivity index (χ2v) is 4.86. The Hall–Kier alpha value is -2.29. The maximum atomic E-state index is 12.2. The number of rotatable bonds is 1. The van der Waals surface area contributed by atoms with Crippen molar-refractivity contribution in [3.05, 3.63) is 65.2 Å². The van der Waals surface area contributed by atoms with Crippen LogP contribution in [-0.4, -0.2) is 13.0 Å². The van der Waals surface area contributed by atoms with Crippen molar-refractivity contribution in [2.75, 3.05) is 11.9 Å². The highest BCUT2D eigenvalue weighted by Crippen LogP contribution is 2.32. The minimum absolute atomic E-state index is 0.0121. The summed E-state index contributed by atoms with van der Waals surface area (Å²) in [6.45, 7) is 2.07. The van der Waals surface area contributed by atoms with Crippen molar-refractivity contribution < 1.29 is 4.79 Å². The van der Waals surface area contributed by atoms with E-state index in [1.165, 1.54) is 5.56 Å². The molecule has 1 aliphatic heterocycles. The molecule has 19 heavy (non-hydrogen) atoms. The largest absolute Gasteiger partial charge is 0.350 e. The summed E-state index contributed by atoms with van der Waals surface area (Å²) in [5.41, 5.74) is 4.02. The van der Waals surface area contributed by atoms with E-state index in [1.54, 1.807) is 0 Å². The lowest BCUT2D eigenvalue weighted by Gasteiger charge is -2.37. The van der Waals surface area contributed by atoms with Gasteiger partial charge in [0, 0.05) is 7.05 Å². The first kappa shape index (κ1) is 11.8. The summed E-state index contributed by atoms with van der Waals surface area (Å²) in [4.78, 5) is 14.3. The van der Waals surface area contributed by atoms with Gasteiger partial charge >= 0.3 is 0 Å². The smallest absolute Gasteiger partial charge is 0.255 e. The van der Waals surface area contributed by atoms with Gasteiger partial charge in [-0.2, -0.15) is 0 Å². The topological polar surface area (TPSA) is 32.3 Å². The van der Waals surface area contributed by atoms with E-state index < -0.39 is 0 Å². The maximum absolute atomic E-state index is 12.2. The fraction of sp³-hybridized carbons (Fsp3) is 0.188. The Kier molecular flexibility index (Phi) is 2.75. The number of nitrogens with zero attached hydrogens (tertiary/aromatic N) is 1. The highest BCUT2D eigenvalue weighted by atomic mass is 16.2. The van der Waals surface area contributed by atoms with Gasteiger partial charge in [0.15, 0.2) is 0 Å². The highest BCUT2D eigenvalue weighted by molar-refractivity contribution is 6.02. The summed E-state index contributed by atoms with van der Waals surface area (Å²) in [6.07, 6.45) is -0.108. The summed E-state index contributed by atoms with van der Waals surface area (Å²) < 4.78 is 0. The Morgan fingerprint density at radius 2 is 1.74 bits per heavy atom. The van der Waals surface area contributed by atoms with E-state index in [-0.39, 0.29) is 12.1 Å². The Balaban J connectivity index is 2.08. The van der Waals surface area contributed by atoms with Crippen molar-refractivity contribution in [1.82, 2.24) is 5.32 Å². The molecule has 0 aromatic heterocycles. The Labute approximate surface area is 112 Å². The number of hydrogen-bond acceptors (Lipinski definition) is 2. The second-order valence-electron chi connectivity index (χ2n) is 4.86. The standard InChI is InChI=1S/C16H16N2O/c1-11-7-3-4-8-12(11)15-17-16(19)13-9-5-6-10-14(13)18(15)2/h3-10,15H,1-2H3,(H,17,19)/t15-/m0/s1. The molecule has 3 rings (SSSR count). The average molecular weight is 252 g/mol. The van der Waals surface area contributed by atoms with Crippen molar-refractivity contribution in [2.24, 2.45) is 0 Å². The highest BCUT2D eigenvalue weighted by Gasteiger charge is 2.29. The van der Waals surface area contributed by atoms with Crippen molar-refractivity contribution in [2.45, 2.75) is 13.1 Å². The Morgan fingerprint density at radius 1 is 1.05 bits per heavy atom. The molecule has 3 heteroatoms. The average Bonchev–Trinajstić information content (AvgIpc) is 2.44. The number of hydrogen-bond donors (Lipinski definition) is 1. The van der Waals surface area contributed by atoms with Crippen LogP contribution in [0.2, 0.25) is 0 Å². The molecule has 0 spiro atoms. The van der Waals surface area contributed by atoms with Crippen LogP contribution in [0.15, 0.2) is 48.5 Å². The number of anilines is 1. The number of fused-ring (bicyclic) bond motifs is 1. The van der Waals surface area contributed by atoms with Crippen molar-refractivity contribution >= 4 is 11.6 Å².